The first-order chi connectivity index (χ1) is 17.9. The van der Waals surface area contributed by atoms with Gasteiger partial charge in [-0.15, -0.1) is 0 Å². The summed E-state index contributed by atoms with van der Waals surface area (Å²) in [6.07, 6.45) is 0.638. The fraction of sp³-hybridized carbons (Fsp3) is 0.385. The fourth-order valence-corrected chi connectivity index (χ4v) is 6.02. The molecule has 2 aliphatic heterocycles. The first kappa shape index (κ1) is 25.1. The predicted molar refractivity (Wildman–Crippen MR) is 131 cm³/mol. The average molecular weight is 530 g/mol. The third kappa shape index (κ3) is 5.01. The van der Waals surface area contributed by atoms with Crippen molar-refractivity contribution in [2.75, 3.05) is 32.9 Å². The molecule has 1 fully saturated rings. The molecule has 37 heavy (non-hydrogen) atoms. The largest absolute Gasteiger partial charge is 0.486 e. The van der Waals surface area contributed by atoms with Crippen molar-refractivity contribution in [2.24, 2.45) is 5.92 Å². The highest BCUT2D eigenvalue weighted by molar-refractivity contribution is 7.89. The molecule has 0 unspecified atom stereocenters. The molecule has 1 aromatic heterocycles. The molecule has 3 heterocycles. The van der Waals surface area contributed by atoms with Crippen molar-refractivity contribution >= 4 is 32.9 Å². The van der Waals surface area contributed by atoms with Crippen molar-refractivity contribution in [2.45, 2.75) is 31.3 Å². The third-order valence-electron chi connectivity index (χ3n) is 6.46. The van der Waals surface area contributed by atoms with Crippen LogP contribution >= 0.6 is 0 Å². The molecule has 0 atom stereocenters. The number of furan rings is 1. The number of piperidine rings is 1. The maximum absolute atomic E-state index is 13.2. The summed E-state index contributed by atoms with van der Waals surface area (Å²) in [5, 5.41) is 0.665. The molecule has 2 aliphatic rings. The van der Waals surface area contributed by atoms with Gasteiger partial charge in [-0.25, -0.2) is 13.2 Å². The van der Waals surface area contributed by atoms with Gasteiger partial charge in [-0.2, -0.15) is 4.31 Å². The number of nitrogens with zero attached hydrogens (tertiary/aromatic N) is 1. The Balaban J connectivity index is 1.23. The first-order valence-corrected chi connectivity index (χ1v) is 13.6. The van der Waals surface area contributed by atoms with Crippen molar-refractivity contribution in [3.8, 4) is 11.5 Å². The van der Waals surface area contributed by atoms with Crippen LogP contribution in [0.1, 0.15) is 35.9 Å². The van der Waals surface area contributed by atoms with Gasteiger partial charge in [-0.05, 0) is 38.0 Å². The summed E-state index contributed by atoms with van der Waals surface area (Å²) in [5.41, 5.74) is 0.940. The van der Waals surface area contributed by atoms with Crippen LogP contribution < -0.4 is 9.47 Å². The van der Waals surface area contributed by atoms with Crippen LogP contribution in [-0.4, -0.2) is 57.6 Å². The highest BCUT2D eigenvalue weighted by Crippen LogP contribution is 2.34. The van der Waals surface area contributed by atoms with Crippen LogP contribution in [0.15, 0.2) is 51.8 Å². The van der Waals surface area contributed by atoms with Gasteiger partial charge in [0.05, 0.1) is 23.0 Å². The monoisotopic (exact) mass is 529 g/mol. The second kappa shape index (κ2) is 10.4. The number of hydrogen-bond acceptors (Lipinski definition) is 9. The minimum absolute atomic E-state index is 0.0104. The molecule has 5 rings (SSSR count). The van der Waals surface area contributed by atoms with E-state index in [1.807, 2.05) is 0 Å². The molecule has 0 aliphatic carbocycles. The lowest BCUT2D eigenvalue weighted by molar-refractivity contribution is -0.151. The molecule has 196 valence electrons. The van der Waals surface area contributed by atoms with Gasteiger partial charge in [0.15, 0.2) is 11.5 Å². The van der Waals surface area contributed by atoms with Gasteiger partial charge in [-0.1, -0.05) is 18.2 Å². The molecule has 11 heteroatoms. The van der Waals surface area contributed by atoms with Gasteiger partial charge in [0.2, 0.25) is 15.8 Å². The summed E-state index contributed by atoms with van der Waals surface area (Å²) in [5.74, 6) is -0.603. The quantitative estimate of drug-likeness (QED) is 0.423. The van der Waals surface area contributed by atoms with E-state index in [9.17, 15) is 18.0 Å². The molecule has 1 saturated heterocycles. The molecule has 0 amide bonds. The number of ether oxygens (including phenoxy) is 4. The highest BCUT2D eigenvalue weighted by Gasteiger charge is 2.34. The second-order valence-corrected chi connectivity index (χ2v) is 10.7. The fourth-order valence-electron chi connectivity index (χ4n) is 4.53. The smallest absolute Gasteiger partial charge is 0.374 e. The second-order valence-electron chi connectivity index (χ2n) is 8.72. The Hall–Kier alpha value is -3.57. The first-order valence-electron chi connectivity index (χ1n) is 12.1. The number of hydrogen-bond donors (Lipinski definition) is 0. The van der Waals surface area contributed by atoms with Crippen molar-refractivity contribution in [1.29, 1.82) is 0 Å². The highest BCUT2D eigenvalue weighted by atomic mass is 32.2. The molecule has 3 aromatic rings. The van der Waals surface area contributed by atoms with Crippen molar-refractivity contribution in [1.82, 2.24) is 4.31 Å². The Morgan fingerprint density at radius 2 is 1.73 bits per heavy atom. The third-order valence-corrected chi connectivity index (χ3v) is 8.35. The van der Waals surface area contributed by atoms with Crippen molar-refractivity contribution in [3.63, 3.8) is 0 Å². The number of carbonyl (C=O) groups is 2. The van der Waals surface area contributed by atoms with E-state index in [1.54, 1.807) is 37.3 Å². The normalized spacial score (nSPS) is 16.5. The standard InChI is InChI=1S/C26H27NO9S/c1-2-32-26(29)24-20(19-5-3-4-6-21(19)36-24)16-35-25(28)17-9-11-27(12-10-17)37(30,31)18-7-8-22-23(15-18)34-14-13-33-22/h3-8,15,17H,2,9-14,16H2,1H3. The number of benzene rings is 2. The Kier molecular flexibility index (Phi) is 7.07. The van der Waals surface area contributed by atoms with E-state index in [0.29, 0.717) is 54.1 Å². The number of esters is 2. The molecule has 0 spiro atoms. The summed E-state index contributed by atoms with van der Waals surface area (Å²) < 4.78 is 55.0. The zero-order valence-electron chi connectivity index (χ0n) is 20.3. The van der Waals surface area contributed by atoms with Crippen molar-refractivity contribution in [3.05, 3.63) is 53.8 Å². The van der Waals surface area contributed by atoms with E-state index in [-0.39, 0.29) is 37.0 Å². The maximum atomic E-state index is 13.2. The SMILES string of the molecule is CCOC(=O)c1oc2ccccc2c1COC(=O)C1CCN(S(=O)(=O)c2ccc3c(c2)OCCO3)CC1. The minimum atomic E-state index is -3.76. The molecule has 0 N–H and O–H groups in total. The zero-order chi connectivity index (χ0) is 26.0. The molecular weight excluding hydrogens is 502 g/mol. The van der Waals surface area contributed by atoms with E-state index >= 15 is 0 Å². The lowest BCUT2D eigenvalue weighted by Crippen LogP contribution is -2.40. The van der Waals surface area contributed by atoms with E-state index in [1.165, 1.54) is 16.4 Å². The van der Waals surface area contributed by atoms with Crippen LogP contribution in [-0.2, 0) is 30.9 Å². The zero-order valence-corrected chi connectivity index (χ0v) is 21.1. The van der Waals surface area contributed by atoms with Crippen LogP contribution in [0.25, 0.3) is 11.0 Å². The lowest BCUT2D eigenvalue weighted by Gasteiger charge is -2.30. The maximum Gasteiger partial charge on any atom is 0.374 e. The van der Waals surface area contributed by atoms with Crippen LogP contribution in [0.3, 0.4) is 0 Å². The van der Waals surface area contributed by atoms with Gasteiger partial charge in [-0.3, -0.25) is 4.79 Å². The summed E-state index contributed by atoms with van der Waals surface area (Å²) >= 11 is 0. The molecule has 0 saturated carbocycles. The number of carbonyl (C=O) groups excluding carboxylic acids is 2. The van der Waals surface area contributed by atoms with Gasteiger partial charge < -0.3 is 23.4 Å². The molecular formula is C26H27NO9S. The minimum Gasteiger partial charge on any atom is -0.486 e. The summed E-state index contributed by atoms with van der Waals surface area (Å²) in [4.78, 5) is 25.4. The Bertz CT molecular complexity index is 1420. The Morgan fingerprint density at radius 1 is 1.00 bits per heavy atom. The van der Waals surface area contributed by atoms with Crippen LogP contribution in [0.2, 0.25) is 0 Å². The summed E-state index contributed by atoms with van der Waals surface area (Å²) in [6, 6.07) is 11.7. The van der Waals surface area contributed by atoms with Gasteiger partial charge >= 0.3 is 11.9 Å². The van der Waals surface area contributed by atoms with E-state index in [2.05, 4.69) is 0 Å². The molecule has 10 nitrogen and oxygen atoms in total. The predicted octanol–water partition coefficient (Wildman–Crippen LogP) is 3.52. The van der Waals surface area contributed by atoms with Crippen LogP contribution in [0, 0.1) is 5.92 Å². The Labute approximate surface area is 214 Å². The number of rotatable bonds is 7. The topological polar surface area (TPSA) is 122 Å². The number of sulfonamides is 1. The Morgan fingerprint density at radius 3 is 2.49 bits per heavy atom. The van der Waals surface area contributed by atoms with E-state index in [4.69, 9.17) is 23.4 Å². The number of fused-ring (bicyclic) bond motifs is 2. The average Bonchev–Trinajstić information content (AvgIpc) is 3.30. The summed E-state index contributed by atoms with van der Waals surface area (Å²) in [6.45, 7) is 2.87. The van der Waals surface area contributed by atoms with Gasteiger partial charge in [0, 0.05) is 24.5 Å². The van der Waals surface area contributed by atoms with Crippen molar-refractivity contribution < 1.29 is 41.4 Å². The van der Waals surface area contributed by atoms with Crippen LogP contribution in [0.5, 0.6) is 11.5 Å². The molecule has 0 bridgehead atoms. The number of para-hydroxylation sites is 1. The van der Waals surface area contributed by atoms with E-state index in [0.717, 1.165) is 0 Å². The lowest BCUT2D eigenvalue weighted by atomic mass is 9.98. The molecule has 0 radical (unpaired) electrons. The molecule has 2 aromatic carbocycles. The summed E-state index contributed by atoms with van der Waals surface area (Å²) in [7, 11) is -3.76. The van der Waals surface area contributed by atoms with Gasteiger partial charge in [0.25, 0.3) is 0 Å². The van der Waals surface area contributed by atoms with E-state index < -0.39 is 27.9 Å². The van der Waals surface area contributed by atoms with Gasteiger partial charge in [0.1, 0.15) is 25.4 Å². The van der Waals surface area contributed by atoms with Crippen LogP contribution in [0.4, 0.5) is 0 Å².